The van der Waals surface area contributed by atoms with Crippen molar-refractivity contribution in [2.24, 2.45) is 0 Å². The number of hydrogen-bond donors (Lipinski definition) is 4. The summed E-state index contributed by atoms with van der Waals surface area (Å²) in [5, 5.41) is 30.6. The number of phenols is 1. The topological polar surface area (TPSA) is 133 Å². The third-order valence-corrected chi connectivity index (χ3v) is 6.68. The smallest absolute Gasteiger partial charge is 0.364 e. The molecule has 0 aromatic heterocycles. The largest absolute Gasteiger partial charge is 0.507 e. The summed E-state index contributed by atoms with van der Waals surface area (Å²) < 4.78 is 18.1. The van der Waals surface area contributed by atoms with Gasteiger partial charge in [-0.25, -0.2) is 4.79 Å². The highest BCUT2D eigenvalue weighted by atomic mass is 79.9. The second-order valence-electron chi connectivity index (χ2n) is 7.41. The van der Waals surface area contributed by atoms with Crippen molar-refractivity contribution in [3.63, 3.8) is 0 Å². The molecular weight excluding hydrogens is 593 g/mol. The lowest BCUT2D eigenvalue weighted by atomic mass is 10.1. The molecule has 0 saturated carbocycles. The number of ether oxygens (including phenoxy) is 1. The van der Waals surface area contributed by atoms with Crippen molar-refractivity contribution in [2.45, 2.75) is 18.8 Å². The van der Waals surface area contributed by atoms with Crippen molar-refractivity contribution >= 4 is 52.2 Å². The number of amides is 1. The fraction of sp³-hybridized carbons (Fsp3) is 0.130. The van der Waals surface area contributed by atoms with E-state index in [1.165, 1.54) is 37.3 Å². The van der Waals surface area contributed by atoms with Gasteiger partial charge in [0, 0.05) is 19.0 Å². The summed E-state index contributed by atoms with van der Waals surface area (Å²) in [5.74, 6) is -1.31. The second kappa shape index (κ2) is 10.7. The standard InChI is InChI=1S/C23H18Br2NO7P/c1-23(31,34-32)14-8-17(24)20(18(25)9-14)33-15-5-6-19(27)16(10-15)21(28)26-11-12-3-2-4-13(7-12)22(29)30/h2-10,27,31H,11H2,1H3,(H,26,28)(H,29,30)/p+1. The van der Waals surface area contributed by atoms with Crippen LogP contribution in [0.2, 0.25) is 0 Å². The van der Waals surface area contributed by atoms with E-state index >= 15 is 0 Å². The minimum Gasteiger partial charge on any atom is -0.507 e. The molecule has 0 fully saturated rings. The summed E-state index contributed by atoms with van der Waals surface area (Å²) in [5.41, 5.74) is 1.06. The molecule has 11 heteroatoms. The number of aliphatic hydroxyl groups is 1. The van der Waals surface area contributed by atoms with Gasteiger partial charge in [0.1, 0.15) is 11.5 Å². The zero-order valence-electron chi connectivity index (χ0n) is 17.6. The minimum absolute atomic E-state index is 0.0359. The number of phenolic OH excluding ortho intramolecular Hbond substituents is 1. The van der Waals surface area contributed by atoms with Gasteiger partial charge in [0.15, 0.2) is 5.75 Å². The zero-order chi connectivity index (χ0) is 25.0. The zero-order valence-corrected chi connectivity index (χ0v) is 21.8. The van der Waals surface area contributed by atoms with Crippen LogP contribution >= 0.6 is 40.3 Å². The molecule has 8 nitrogen and oxygen atoms in total. The number of rotatable bonds is 8. The van der Waals surface area contributed by atoms with Gasteiger partial charge in [-0.3, -0.25) is 4.79 Å². The number of carbonyl (C=O) groups is 2. The molecule has 0 heterocycles. The Bertz CT molecular complexity index is 1260. The average molecular weight is 612 g/mol. The number of hydrogen-bond acceptors (Lipinski definition) is 6. The van der Waals surface area contributed by atoms with Crippen LogP contribution in [0.4, 0.5) is 0 Å². The molecule has 3 rings (SSSR count). The van der Waals surface area contributed by atoms with Gasteiger partial charge in [-0.2, -0.15) is 0 Å². The molecule has 0 bridgehead atoms. The first-order valence-electron chi connectivity index (χ1n) is 9.74. The van der Waals surface area contributed by atoms with Crippen LogP contribution in [-0.2, 0) is 16.5 Å². The van der Waals surface area contributed by atoms with E-state index in [2.05, 4.69) is 37.2 Å². The van der Waals surface area contributed by atoms with E-state index in [0.717, 1.165) is 0 Å². The lowest BCUT2D eigenvalue weighted by Crippen LogP contribution is -2.23. The van der Waals surface area contributed by atoms with Crippen molar-refractivity contribution in [1.82, 2.24) is 5.32 Å². The average Bonchev–Trinajstić information content (AvgIpc) is 2.80. The van der Waals surface area contributed by atoms with Gasteiger partial charge in [0.25, 0.3) is 11.2 Å². The summed E-state index contributed by atoms with van der Waals surface area (Å²) >= 11 is 6.74. The van der Waals surface area contributed by atoms with Gasteiger partial charge < -0.3 is 25.4 Å². The molecule has 0 saturated heterocycles. The molecule has 3 aromatic carbocycles. The summed E-state index contributed by atoms with van der Waals surface area (Å²) in [6.07, 6.45) is 0. The number of carboxylic acids is 1. The van der Waals surface area contributed by atoms with Crippen LogP contribution in [0.15, 0.2) is 63.5 Å². The summed E-state index contributed by atoms with van der Waals surface area (Å²) in [4.78, 5) is 23.8. The molecule has 4 N–H and O–H groups in total. The van der Waals surface area contributed by atoms with Gasteiger partial charge in [-0.1, -0.05) is 16.7 Å². The van der Waals surface area contributed by atoms with E-state index in [0.29, 0.717) is 25.8 Å². The number of benzene rings is 3. The third-order valence-electron chi connectivity index (χ3n) is 4.82. The monoisotopic (exact) mass is 610 g/mol. The van der Waals surface area contributed by atoms with Crippen LogP contribution in [-0.4, -0.2) is 27.2 Å². The van der Waals surface area contributed by atoms with E-state index in [1.54, 1.807) is 24.3 Å². The first-order chi connectivity index (χ1) is 16.0. The Morgan fingerprint density at radius 1 is 1.09 bits per heavy atom. The van der Waals surface area contributed by atoms with Crippen LogP contribution in [0.3, 0.4) is 0 Å². The van der Waals surface area contributed by atoms with Crippen LogP contribution in [0.25, 0.3) is 0 Å². The van der Waals surface area contributed by atoms with Crippen molar-refractivity contribution in [3.8, 4) is 17.2 Å². The van der Waals surface area contributed by atoms with Crippen LogP contribution in [0, 0.1) is 0 Å². The molecular formula is C23H19Br2NO7P+. The summed E-state index contributed by atoms with van der Waals surface area (Å²) in [6.45, 7) is 1.49. The number of nitrogens with one attached hydrogen (secondary N) is 1. The van der Waals surface area contributed by atoms with Crippen molar-refractivity contribution in [2.75, 3.05) is 0 Å². The first-order valence-corrected chi connectivity index (χ1v) is 12.2. The summed E-state index contributed by atoms with van der Waals surface area (Å²) in [6, 6.07) is 13.5. The van der Waals surface area contributed by atoms with E-state index in [4.69, 9.17) is 9.84 Å². The summed E-state index contributed by atoms with van der Waals surface area (Å²) in [7, 11) is -0.973. The Hall–Kier alpha value is -2.78. The normalized spacial score (nSPS) is 12.7. The van der Waals surface area contributed by atoms with Crippen LogP contribution in [0.1, 0.15) is 38.8 Å². The molecule has 3 aromatic rings. The van der Waals surface area contributed by atoms with Crippen molar-refractivity contribution < 1.29 is 34.2 Å². The molecule has 2 atom stereocenters. The van der Waals surface area contributed by atoms with E-state index < -0.39 is 25.7 Å². The quantitative estimate of drug-likeness (QED) is 0.246. The number of carboxylic acid groups (broad SMARTS) is 1. The molecule has 2 unspecified atom stereocenters. The van der Waals surface area contributed by atoms with Crippen LogP contribution < -0.4 is 10.1 Å². The molecule has 0 aliphatic rings. The Kier molecular flexibility index (Phi) is 8.09. The fourth-order valence-electron chi connectivity index (χ4n) is 2.97. The maximum Gasteiger partial charge on any atom is 0.364 e. The number of carbonyl (C=O) groups excluding carboxylic acids is 1. The van der Waals surface area contributed by atoms with E-state index in [-0.39, 0.29) is 29.2 Å². The maximum atomic E-state index is 12.7. The maximum absolute atomic E-state index is 12.7. The van der Waals surface area contributed by atoms with Gasteiger partial charge in [-0.15, -0.1) is 0 Å². The van der Waals surface area contributed by atoms with E-state index in [9.17, 15) is 24.4 Å². The van der Waals surface area contributed by atoms with Crippen molar-refractivity contribution in [3.05, 3.63) is 85.8 Å². The Morgan fingerprint density at radius 3 is 2.38 bits per heavy atom. The highest BCUT2D eigenvalue weighted by molar-refractivity contribution is 9.11. The predicted molar refractivity (Wildman–Crippen MR) is 133 cm³/mol. The molecule has 0 aliphatic carbocycles. The molecule has 0 spiro atoms. The highest BCUT2D eigenvalue weighted by Crippen LogP contribution is 2.42. The predicted octanol–water partition coefficient (Wildman–Crippen LogP) is 5.53. The Labute approximate surface area is 213 Å². The lowest BCUT2D eigenvalue weighted by Gasteiger charge is -2.15. The SMILES string of the molecule is CC(O)([PH+]=O)c1cc(Br)c(Oc2ccc(O)c(C(=O)NCc3cccc(C(=O)O)c3)c2)c(Br)c1. The minimum atomic E-state index is -1.53. The highest BCUT2D eigenvalue weighted by Gasteiger charge is 2.33. The molecule has 34 heavy (non-hydrogen) atoms. The third kappa shape index (κ3) is 6.01. The number of aromatic carboxylic acids is 1. The van der Waals surface area contributed by atoms with Gasteiger partial charge in [0.2, 0.25) is 0 Å². The second-order valence-corrected chi connectivity index (χ2v) is 10.3. The first kappa shape index (κ1) is 25.8. The lowest BCUT2D eigenvalue weighted by molar-refractivity contribution is 0.0696. The van der Waals surface area contributed by atoms with Gasteiger partial charge in [-0.05, 0) is 79.9 Å². The van der Waals surface area contributed by atoms with Gasteiger partial charge in [0.05, 0.1) is 20.1 Å². The van der Waals surface area contributed by atoms with Crippen LogP contribution in [0.5, 0.6) is 17.2 Å². The molecule has 0 aliphatic heterocycles. The Balaban J connectivity index is 1.80. The van der Waals surface area contributed by atoms with Crippen molar-refractivity contribution in [1.29, 1.82) is 0 Å². The Morgan fingerprint density at radius 2 is 1.76 bits per heavy atom. The molecule has 0 radical (unpaired) electrons. The molecule has 176 valence electrons. The number of aromatic hydroxyl groups is 1. The fourth-order valence-corrected chi connectivity index (χ4v) is 4.58. The van der Waals surface area contributed by atoms with E-state index in [1.807, 2.05) is 0 Å². The number of halogens is 2. The van der Waals surface area contributed by atoms with Gasteiger partial charge >= 0.3 is 14.4 Å². The molecule has 1 amide bonds.